The van der Waals surface area contributed by atoms with Crippen molar-refractivity contribution in [3.8, 4) is 17.6 Å². The number of rotatable bonds is 7. The lowest BCUT2D eigenvalue weighted by Crippen LogP contribution is -2.56. The van der Waals surface area contributed by atoms with Crippen molar-refractivity contribution in [1.29, 1.82) is 0 Å². The SMILES string of the molecule is CC#CCOc1ccc(C(=O)N[C@H](C(=O)NO)[C@H](N)C2CC2)cc1. The molecule has 0 radical (unpaired) electrons. The number of ether oxygens (including phenoxy) is 1. The molecule has 0 heterocycles. The summed E-state index contributed by atoms with van der Waals surface area (Å²) in [6.45, 7) is 2.00. The lowest BCUT2D eigenvalue weighted by atomic mass is 10.0. The molecule has 7 heteroatoms. The fourth-order valence-electron chi connectivity index (χ4n) is 2.28. The van der Waals surface area contributed by atoms with E-state index < -0.39 is 23.9 Å². The quantitative estimate of drug-likeness (QED) is 0.329. The summed E-state index contributed by atoms with van der Waals surface area (Å²) in [7, 11) is 0. The van der Waals surface area contributed by atoms with Crippen molar-refractivity contribution in [2.24, 2.45) is 11.7 Å². The Labute approximate surface area is 140 Å². The summed E-state index contributed by atoms with van der Waals surface area (Å²) in [6.07, 6.45) is 1.83. The van der Waals surface area contributed by atoms with Crippen molar-refractivity contribution in [1.82, 2.24) is 10.8 Å². The van der Waals surface area contributed by atoms with Crippen LogP contribution in [0.4, 0.5) is 0 Å². The van der Waals surface area contributed by atoms with Crippen molar-refractivity contribution in [2.75, 3.05) is 6.61 Å². The number of amides is 2. The predicted octanol–water partition coefficient (Wildman–Crippen LogP) is 0.430. The molecule has 1 fully saturated rings. The minimum atomic E-state index is -0.981. The topological polar surface area (TPSA) is 114 Å². The van der Waals surface area contributed by atoms with Crippen LogP contribution in [0.25, 0.3) is 0 Å². The van der Waals surface area contributed by atoms with E-state index in [0.717, 1.165) is 12.8 Å². The number of hydrogen-bond donors (Lipinski definition) is 4. The van der Waals surface area contributed by atoms with Gasteiger partial charge >= 0.3 is 0 Å². The second-order valence-electron chi connectivity index (χ2n) is 5.58. The molecule has 0 spiro atoms. The Bertz CT molecular complexity index is 644. The van der Waals surface area contributed by atoms with Crippen LogP contribution >= 0.6 is 0 Å². The molecule has 2 atom stereocenters. The Kier molecular flexibility index (Phi) is 6.18. The van der Waals surface area contributed by atoms with Gasteiger partial charge in [0.1, 0.15) is 18.4 Å². The van der Waals surface area contributed by atoms with E-state index >= 15 is 0 Å². The van der Waals surface area contributed by atoms with E-state index in [4.69, 9.17) is 15.7 Å². The van der Waals surface area contributed by atoms with Gasteiger partial charge in [0.25, 0.3) is 11.8 Å². The zero-order valence-electron chi connectivity index (χ0n) is 13.4. The van der Waals surface area contributed by atoms with Gasteiger partial charge in [-0.1, -0.05) is 5.92 Å². The zero-order valence-corrected chi connectivity index (χ0v) is 13.4. The van der Waals surface area contributed by atoms with Crippen LogP contribution in [-0.2, 0) is 4.79 Å². The summed E-state index contributed by atoms with van der Waals surface area (Å²) in [5.74, 6) is 5.10. The Balaban J connectivity index is 2.00. The Hall–Kier alpha value is -2.56. The number of benzene rings is 1. The van der Waals surface area contributed by atoms with Crippen LogP contribution in [0, 0.1) is 17.8 Å². The van der Waals surface area contributed by atoms with E-state index in [1.54, 1.807) is 36.7 Å². The molecule has 0 bridgehead atoms. The average molecular weight is 331 g/mol. The third-order valence-electron chi connectivity index (χ3n) is 3.83. The molecule has 1 saturated carbocycles. The van der Waals surface area contributed by atoms with Crippen molar-refractivity contribution >= 4 is 11.8 Å². The third kappa shape index (κ3) is 4.72. The summed E-state index contributed by atoms with van der Waals surface area (Å²) in [4.78, 5) is 24.1. The number of nitrogens with one attached hydrogen (secondary N) is 2. The molecule has 1 aliphatic rings. The van der Waals surface area contributed by atoms with Gasteiger partial charge in [-0.3, -0.25) is 14.8 Å². The molecule has 1 aliphatic carbocycles. The van der Waals surface area contributed by atoms with E-state index in [-0.39, 0.29) is 12.5 Å². The van der Waals surface area contributed by atoms with Crippen molar-refractivity contribution in [3.05, 3.63) is 29.8 Å². The second kappa shape index (κ2) is 8.34. The van der Waals surface area contributed by atoms with Gasteiger partial charge in [-0.15, -0.1) is 5.92 Å². The number of hydroxylamine groups is 1. The molecule has 5 N–H and O–H groups in total. The average Bonchev–Trinajstić information content (AvgIpc) is 3.44. The van der Waals surface area contributed by atoms with Crippen molar-refractivity contribution in [3.63, 3.8) is 0 Å². The molecule has 2 rings (SSSR count). The largest absolute Gasteiger partial charge is 0.481 e. The van der Waals surface area contributed by atoms with Gasteiger partial charge in [-0.25, -0.2) is 5.48 Å². The van der Waals surface area contributed by atoms with Gasteiger partial charge in [-0.2, -0.15) is 0 Å². The van der Waals surface area contributed by atoms with Gasteiger partial charge in [-0.05, 0) is 49.9 Å². The normalized spacial score (nSPS) is 15.5. The van der Waals surface area contributed by atoms with E-state index in [1.165, 1.54) is 0 Å². The van der Waals surface area contributed by atoms with E-state index in [1.807, 2.05) is 0 Å². The van der Waals surface area contributed by atoms with Crippen molar-refractivity contribution in [2.45, 2.75) is 31.8 Å². The van der Waals surface area contributed by atoms with Gasteiger partial charge in [0.2, 0.25) is 0 Å². The number of hydrogen-bond acceptors (Lipinski definition) is 5. The fraction of sp³-hybridized carbons (Fsp3) is 0.412. The standard InChI is InChI=1S/C17H21N3O4/c1-2-3-10-24-13-8-6-12(7-9-13)16(21)19-15(17(22)20-23)14(18)11-4-5-11/h6-9,11,14-15,23H,4-5,10,18H2,1H3,(H,19,21)(H,20,22)/t14-,15+/m1/s1. The van der Waals surface area contributed by atoms with Crippen molar-refractivity contribution < 1.29 is 19.5 Å². The zero-order chi connectivity index (χ0) is 17.5. The van der Waals surface area contributed by atoms with Crippen LogP contribution in [0.1, 0.15) is 30.1 Å². The first-order valence-corrected chi connectivity index (χ1v) is 7.69. The molecule has 7 nitrogen and oxygen atoms in total. The number of nitrogens with two attached hydrogens (primary N) is 1. The summed E-state index contributed by atoms with van der Waals surface area (Å²) < 4.78 is 5.37. The highest BCUT2D eigenvalue weighted by Crippen LogP contribution is 2.33. The summed E-state index contributed by atoms with van der Waals surface area (Å²) in [6, 6.07) is 4.95. The molecule has 1 aromatic carbocycles. The predicted molar refractivity (Wildman–Crippen MR) is 87.3 cm³/mol. The van der Waals surface area contributed by atoms with E-state index in [2.05, 4.69) is 17.2 Å². The molecule has 0 aromatic heterocycles. The highest BCUT2D eigenvalue weighted by molar-refractivity contribution is 5.97. The van der Waals surface area contributed by atoms with Crippen LogP contribution in [0.2, 0.25) is 0 Å². The van der Waals surface area contributed by atoms with E-state index in [0.29, 0.717) is 11.3 Å². The molecule has 2 amide bonds. The first-order valence-electron chi connectivity index (χ1n) is 7.69. The minimum absolute atomic E-state index is 0.183. The maximum atomic E-state index is 12.3. The number of carbonyl (C=O) groups excluding carboxylic acids is 2. The Morgan fingerprint density at radius 2 is 2.04 bits per heavy atom. The maximum absolute atomic E-state index is 12.3. The lowest BCUT2D eigenvalue weighted by Gasteiger charge is -2.23. The Morgan fingerprint density at radius 1 is 1.38 bits per heavy atom. The molecule has 128 valence electrons. The molecule has 0 aliphatic heterocycles. The highest BCUT2D eigenvalue weighted by atomic mass is 16.5. The summed E-state index contributed by atoms with van der Waals surface area (Å²) >= 11 is 0. The monoisotopic (exact) mass is 331 g/mol. The first-order chi connectivity index (χ1) is 11.6. The van der Waals surface area contributed by atoms with Crippen LogP contribution in [-0.4, -0.2) is 35.7 Å². The molecular weight excluding hydrogens is 310 g/mol. The second-order valence-corrected chi connectivity index (χ2v) is 5.58. The van der Waals surface area contributed by atoms with E-state index in [9.17, 15) is 9.59 Å². The fourth-order valence-corrected chi connectivity index (χ4v) is 2.28. The van der Waals surface area contributed by atoms with Gasteiger partial charge < -0.3 is 15.8 Å². The molecular formula is C17H21N3O4. The first kappa shape index (κ1) is 17.8. The Morgan fingerprint density at radius 3 is 2.58 bits per heavy atom. The minimum Gasteiger partial charge on any atom is -0.481 e. The molecule has 0 unspecified atom stereocenters. The van der Waals surface area contributed by atoms with Gasteiger partial charge in [0.15, 0.2) is 0 Å². The van der Waals surface area contributed by atoms with Crippen LogP contribution in [0.5, 0.6) is 5.75 Å². The molecule has 1 aromatic rings. The lowest BCUT2D eigenvalue weighted by molar-refractivity contribution is -0.131. The van der Waals surface area contributed by atoms with Gasteiger partial charge in [0.05, 0.1) is 0 Å². The van der Waals surface area contributed by atoms with Crippen LogP contribution in [0.3, 0.4) is 0 Å². The smallest absolute Gasteiger partial charge is 0.267 e. The number of carbonyl (C=O) groups is 2. The van der Waals surface area contributed by atoms with Crippen LogP contribution < -0.4 is 21.3 Å². The maximum Gasteiger partial charge on any atom is 0.267 e. The van der Waals surface area contributed by atoms with Gasteiger partial charge in [0, 0.05) is 11.6 Å². The molecule has 24 heavy (non-hydrogen) atoms. The summed E-state index contributed by atoms with van der Waals surface area (Å²) in [5, 5.41) is 11.4. The highest BCUT2D eigenvalue weighted by Gasteiger charge is 2.38. The molecule has 0 saturated heterocycles. The van der Waals surface area contributed by atoms with Crippen LogP contribution in [0.15, 0.2) is 24.3 Å². The third-order valence-corrected chi connectivity index (χ3v) is 3.83. The summed E-state index contributed by atoms with van der Waals surface area (Å²) in [5.41, 5.74) is 7.92.